The lowest BCUT2D eigenvalue weighted by molar-refractivity contribution is -0.116. The minimum absolute atomic E-state index is 0.177. The monoisotopic (exact) mass is 289 g/mol. The molecule has 1 amide bonds. The Hall–Kier alpha value is -2.44. The highest BCUT2D eigenvalue weighted by molar-refractivity contribution is 5.90. The fourth-order valence-corrected chi connectivity index (χ4v) is 2.09. The van der Waals surface area contributed by atoms with E-state index in [1.807, 2.05) is 13.8 Å². The van der Waals surface area contributed by atoms with Crippen LogP contribution in [0.3, 0.4) is 0 Å². The minimum Gasteiger partial charge on any atom is -0.311 e. The number of carbonyl (C=O) groups excluding carboxylic acids is 1. The van der Waals surface area contributed by atoms with E-state index in [-0.39, 0.29) is 17.9 Å². The Balaban J connectivity index is 2.02. The first-order chi connectivity index (χ1) is 9.88. The summed E-state index contributed by atoms with van der Waals surface area (Å²) in [7, 11) is 0. The molecule has 0 aliphatic heterocycles. The number of carbonyl (C=O) groups is 1. The molecule has 0 atom stereocenters. The van der Waals surface area contributed by atoms with E-state index in [0.717, 1.165) is 11.3 Å². The number of amides is 1. The number of aromatic nitrogens is 4. The zero-order chi connectivity index (χ0) is 15.6. The molecule has 0 unspecified atom stereocenters. The summed E-state index contributed by atoms with van der Waals surface area (Å²) in [6.07, 6.45) is 0.558. The van der Waals surface area contributed by atoms with Crippen LogP contribution in [0.4, 0.5) is 5.82 Å². The van der Waals surface area contributed by atoms with Crippen LogP contribution in [0.1, 0.15) is 34.8 Å². The number of H-pyrrole nitrogens is 2. The van der Waals surface area contributed by atoms with Crippen LogP contribution in [0.15, 0.2) is 4.79 Å². The van der Waals surface area contributed by atoms with Crippen molar-refractivity contribution in [3.8, 4) is 0 Å². The van der Waals surface area contributed by atoms with Crippen LogP contribution >= 0.6 is 0 Å². The molecule has 0 aromatic carbocycles. The first-order valence-corrected chi connectivity index (χ1v) is 6.76. The number of aryl methyl sites for hydroxylation is 3. The number of rotatable bonds is 4. The summed E-state index contributed by atoms with van der Waals surface area (Å²) >= 11 is 0. The normalized spacial score (nSPS) is 10.7. The molecule has 7 heteroatoms. The zero-order valence-electron chi connectivity index (χ0n) is 12.6. The molecule has 0 aliphatic carbocycles. The van der Waals surface area contributed by atoms with Gasteiger partial charge in [-0.05, 0) is 34.1 Å². The standard InChI is InChI=1S/C14H19N5O2/c1-7-8(2)18-19-13(7)17-12(20)6-5-11-9(3)15-10(4)16-14(11)21/h5-6H2,1-4H3,(H,15,16,21)(H2,17,18,19,20). The third kappa shape index (κ3) is 3.36. The topological polar surface area (TPSA) is 104 Å². The van der Waals surface area contributed by atoms with Gasteiger partial charge in [0.25, 0.3) is 5.56 Å². The molecule has 0 bridgehead atoms. The van der Waals surface area contributed by atoms with E-state index in [1.54, 1.807) is 13.8 Å². The summed E-state index contributed by atoms with van der Waals surface area (Å²) in [5.74, 6) is 0.933. The fraction of sp³-hybridized carbons (Fsp3) is 0.429. The van der Waals surface area contributed by atoms with E-state index in [4.69, 9.17) is 0 Å². The van der Waals surface area contributed by atoms with Gasteiger partial charge < -0.3 is 10.3 Å². The van der Waals surface area contributed by atoms with Crippen molar-refractivity contribution in [3.05, 3.63) is 38.7 Å². The lowest BCUT2D eigenvalue weighted by Gasteiger charge is -2.06. The number of nitrogens with zero attached hydrogens (tertiary/aromatic N) is 2. The van der Waals surface area contributed by atoms with Crippen LogP contribution in [0.2, 0.25) is 0 Å². The van der Waals surface area contributed by atoms with Crippen molar-refractivity contribution in [2.24, 2.45) is 0 Å². The molecule has 2 rings (SSSR count). The number of aromatic amines is 2. The van der Waals surface area contributed by atoms with E-state index >= 15 is 0 Å². The van der Waals surface area contributed by atoms with Gasteiger partial charge in [-0.2, -0.15) is 5.10 Å². The Kier molecular flexibility index (Phi) is 4.21. The number of hydrogen-bond donors (Lipinski definition) is 3. The van der Waals surface area contributed by atoms with E-state index in [9.17, 15) is 9.59 Å². The molecular weight excluding hydrogens is 270 g/mol. The highest BCUT2D eigenvalue weighted by Gasteiger charge is 2.12. The maximum atomic E-state index is 11.9. The molecule has 0 spiro atoms. The second-order valence-electron chi connectivity index (χ2n) is 5.09. The smallest absolute Gasteiger partial charge is 0.254 e. The highest BCUT2D eigenvalue weighted by atomic mass is 16.1. The van der Waals surface area contributed by atoms with Gasteiger partial charge >= 0.3 is 0 Å². The molecule has 0 fully saturated rings. The molecule has 0 aliphatic rings. The van der Waals surface area contributed by atoms with Crippen molar-refractivity contribution in [1.82, 2.24) is 20.2 Å². The van der Waals surface area contributed by atoms with Crippen molar-refractivity contribution in [3.63, 3.8) is 0 Å². The molecular formula is C14H19N5O2. The predicted molar refractivity (Wildman–Crippen MR) is 79.3 cm³/mol. The lowest BCUT2D eigenvalue weighted by atomic mass is 10.1. The molecule has 3 N–H and O–H groups in total. The lowest BCUT2D eigenvalue weighted by Crippen LogP contribution is -2.20. The van der Waals surface area contributed by atoms with Gasteiger partial charge in [0.15, 0.2) is 5.82 Å². The average molecular weight is 289 g/mol. The molecule has 0 saturated carbocycles. The van der Waals surface area contributed by atoms with Gasteiger partial charge in [-0.1, -0.05) is 0 Å². The Morgan fingerprint density at radius 2 is 1.95 bits per heavy atom. The molecule has 112 valence electrons. The molecule has 7 nitrogen and oxygen atoms in total. The molecule has 2 heterocycles. The first kappa shape index (κ1) is 15.0. The molecule has 0 radical (unpaired) electrons. The van der Waals surface area contributed by atoms with Crippen LogP contribution in [-0.2, 0) is 11.2 Å². The summed E-state index contributed by atoms with van der Waals surface area (Å²) in [5.41, 5.74) is 2.86. The van der Waals surface area contributed by atoms with Crippen LogP contribution in [0.5, 0.6) is 0 Å². The largest absolute Gasteiger partial charge is 0.311 e. The Bertz CT molecular complexity index is 729. The summed E-state index contributed by atoms with van der Waals surface area (Å²) in [4.78, 5) is 30.6. The van der Waals surface area contributed by atoms with E-state index in [0.29, 0.717) is 29.3 Å². The Morgan fingerprint density at radius 3 is 2.52 bits per heavy atom. The SMILES string of the molecule is Cc1nc(C)c(CCC(=O)Nc2n[nH]c(C)c2C)c(=O)[nH]1. The average Bonchev–Trinajstić information content (AvgIpc) is 2.69. The summed E-state index contributed by atoms with van der Waals surface area (Å²) in [6, 6.07) is 0. The summed E-state index contributed by atoms with van der Waals surface area (Å²) in [6.45, 7) is 7.27. The maximum absolute atomic E-state index is 11.9. The number of nitrogens with one attached hydrogen (secondary N) is 3. The van der Waals surface area contributed by atoms with Crippen molar-refractivity contribution in [2.75, 3.05) is 5.32 Å². The maximum Gasteiger partial charge on any atom is 0.254 e. The van der Waals surface area contributed by atoms with Crippen molar-refractivity contribution < 1.29 is 4.79 Å². The third-order valence-electron chi connectivity index (χ3n) is 3.45. The summed E-state index contributed by atoms with van der Waals surface area (Å²) in [5, 5.41) is 9.57. The second-order valence-corrected chi connectivity index (χ2v) is 5.09. The Labute approximate surface area is 122 Å². The highest BCUT2D eigenvalue weighted by Crippen LogP contribution is 2.14. The second kappa shape index (κ2) is 5.90. The molecule has 2 aromatic rings. The van der Waals surface area contributed by atoms with Gasteiger partial charge in [0.1, 0.15) is 5.82 Å². The first-order valence-electron chi connectivity index (χ1n) is 6.76. The summed E-state index contributed by atoms with van der Waals surface area (Å²) < 4.78 is 0. The van der Waals surface area contributed by atoms with Gasteiger partial charge in [-0.15, -0.1) is 0 Å². The van der Waals surface area contributed by atoms with E-state index in [2.05, 4.69) is 25.5 Å². The Morgan fingerprint density at radius 1 is 1.24 bits per heavy atom. The molecule has 0 saturated heterocycles. The molecule has 2 aromatic heterocycles. The predicted octanol–water partition coefficient (Wildman–Crippen LogP) is 1.30. The minimum atomic E-state index is -0.181. The molecule has 21 heavy (non-hydrogen) atoms. The van der Waals surface area contributed by atoms with Gasteiger partial charge in [0, 0.05) is 28.9 Å². The van der Waals surface area contributed by atoms with Gasteiger partial charge in [-0.3, -0.25) is 14.7 Å². The third-order valence-corrected chi connectivity index (χ3v) is 3.45. The van der Waals surface area contributed by atoms with Gasteiger partial charge in [0.05, 0.1) is 0 Å². The quantitative estimate of drug-likeness (QED) is 0.789. The van der Waals surface area contributed by atoms with Gasteiger partial charge in [0.2, 0.25) is 5.91 Å². The number of anilines is 1. The van der Waals surface area contributed by atoms with Crippen LogP contribution in [-0.4, -0.2) is 26.1 Å². The van der Waals surface area contributed by atoms with Crippen LogP contribution in [0.25, 0.3) is 0 Å². The van der Waals surface area contributed by atoms with E-state index < -0.39 is 0 Å². The van der Waals surface area contributed by atoms with E-state index in [1.165, 1.54) is 0 Å². The zero-order valence-corrected chi connectivity index (χ0v) is 12.6. The van der Waals surface area contributed by atoms with Crippen molar-refractivity contribution >= 4 is 11.7 Å². The number of hydrogen-bond acceptors (Lipinski definition) is 4. The van der Waals surface area contributed by atoms with Crippen LogP contribution in [0, 0.1) is 27.7 Å². The van der Waals surface area contributed by atoms with Crippen molar-refractivity contribution in [2.45, 2.75) is 40.5 Å². The van der Waals surface area contributed by atoms with Crippen LogP contribution < -0.4 is 10.9 Å². The van der Waals surface area contributed by atoms with Crippen molar-refractivity contribution in [1.29, 1.82) is 0 Å². The fourth-order valence-electron chi connectivity index (χ4n) is 2.09. The van der Waals surface area contributed by atoms with Gasteiger partial charge in [-0.25, -0.2) is 4.98 Å².